The van der Waals surface area contributed by atoms with Gasteiger partial charge in [0.2, 0.25) is 0 Å². The van der Waals surface area contributed by atoms with Crippen LogP contribution in [0.15, 0.2) is 67.0 Å². The maximum absolute atomic E-state index is 12.7. The van der Waals surface area contributed by atoms with Crippen molar-refractivity contribution in [3.63, 3.8) is 0 Å². The van der Waals surface area contributed by atoms with E-state index >= 15 is 0 Å². The number of nitrogens with one attached hydrogen (secondary N) is 3. The van der Waals surface area contributed by atoms with Crippen LogP contribution in [0.25, 0.3) is 5.52 Å². The summed E-state index contributed by atoms with van der Waals surface area (Å²) in [5, 5.41) is 23.8. The highest BCUT2D eigenvalue weighted by Crippen LogP contribution is 2.33. The zero-order chi connectivity index (χ0) is 26.5. The molecule has 38 heavy (non-hydrogen) atoms. The molecular weight excluding hydrogens is 480 g/mol. The number of ether oxygens (including phenoxy) is 2. The van der Waals surface area contributed by atoms with E-state index < -0.39 is 6.09 Å². The molecule has 0 bridgehead atoms. The number of nitriles is 1. The van der Waals surface area contributed by atoms with E-state index in [1.165, 1.54) is 6.20 Å². The predicted molar refractivity (Wildman–Crippen MR) is 146 cm³/mol. The Balaban J connectivity index is 1.34. The van der Waals surface area contributed by atoms with Crippen LogP contribution in [0, 0.1) is 18.3 Å². The van der Waals surface area contributed by atoms with Crippen molar-refractivity contribution < 1.29 is 14.3 Å². The van der Waals surface area contributed by atoms with Crippen LogP contribution in [0.2, 0.25) is 0 Å². The Morgan fingerprint density at radius 1 is 1.16 bits per heavy atom. The van der Waals surface area contributed by atoms with Crippen molar-refractivity contribution in [3.8, 4) is 17.6 Å². The lowest BCUT2D eigenvalue weighted by Gasteiger charge is -2.28. The molecule has 0 spiro atoms. The molecule has 9 heteroatoms. The second kappa shape index (κ2) is 11.2. The number of fused-ring (bicyclic) bond motifs is 1. The van der Waals surface area contributed by atoms with Crippen molar-refractivity contribution in [2.45, 2.75) is 45.3 Å². The number of anilines is 3. The number of aryl methyl sites for hydroxylation is 1. The van der Waals surface area contributed by atoms with Gasteiger partial charge in [-0.15, -0.1) is 0 Å². The summed E-state index contributed by atoms with van der Waals surface area (Å²) in [5.74, 6) is 1.45. The van der Waals surface area contributed by atoms with Crippen LogP contribution in [-0.4, -0.2) is 34.4 Å². The van der Waals surface area contributed by atoms with Gasteiger partial charge in [0, 0.05) is 17.3 Å². The molecule has 1 saturated heterocycles. The molecule has 1 fully saturated rings. The molecule has 0 aliphatic carbocycles. The van der Waals surface area contributed by atoms with Gasteiger partial charge in [-0.3, -0.25) is 5.32 Å². The van der Waals surface area contributed by atoms with Gasteiger partial charge in [0.25, 0.3) is 0 Å². The van der Waals surface area contributed by atoms with Crippen LogP contribution >= 0.6 is 0 Å². The van der Waals surface area contributed by atoms with Crippen LogP contribution in [0.3, 0.4) is 0 Å². The van der Waals surface area contributed by atoms with Crippen LogP contribution in [0.4, 0.5) is 21.9 Å². The molecule has 3 N–H and O–H groups in total. The highest BCUT2D eigenvalue weighted by atomic mass is 16.6. The molecule has 1 aliphatic rings. The zero-order valence-electron chi connectivity index (χ0n) is 21.4. The Hall–Kier alpha value is -4.55. The highest BCUT2D eigenvalue weighted by molar-refractivity contribution is 5.92. The molecule has 2 atom stereocenters. The number of piperidine rings is 1. The number of amides is 1. The third kappa shape index (κ3) is 5.56. The molecule has 2 unspecified atom stereocenters. The Labute approximate surface area is 221 Å². The van der Waals surface area contributed by atoms with E-state index in [4.69, 9.17) is 9.47 Å². The highest BCUT2D eigenvalue weighted by Gasteiger charge is 2.24. The summed E-state index contributed by atoms with van der Waals surface area (Å²) < 4.78 is 13.2. The molecule has 2 aromatic carbocycles. The molecule has 9 nitrogen and oxygen atoms in total. The number of nitrogens with zero attached hydrogens (tertiary/aromatic N) is 3. The van der Waals surface area contributed by atoms with Crippen molar-refractivity contribution in [3.05, 3.63) is 78.1 Å². The fraction of sp³-hybridized carbons (Fsp3) is 0.276. The summed E-state index contributed by atoms with van der Waals surface area (Å²) in [5.41, 5.74) is 3.77. The van der Waals surface area contributed by atoms with Gasteiger partial charge in [0.1, 0.15) is 23.7 Å². The van der Waals surface area contributed by atoms with Gasteiger partial charge >= 0.3 is 6.09 Å². The Bertz CT molecular complexity index is 1450. The zero-order valence-corrected chi connectivity index (χ0v) is 21.4. The van der Waals surface area contributed by atoms with Gasteiger partial charge in [0.15, 0.2) is 0 Å². The van der Waals surface area contributed by atoms with E-state index in [0.717, 1.165) is 42.8 Å². The average molecular weight is 511 g/mol. The van der Waals surface area contributed by atoms with E-state index in [-0.39, 0.29) is 12.1 Å². The van der Waals surface area contributed by atoms with E-state index in [2.05, 4.69) is 27.1 Å². The van der Waals surface area contributed by atoms with Gasteiger partial charge in [-0.05, 0) is 69.6 Å². The van der Waals surface area contributed by atoms with Crippen molar-refractivity contribution in [1.82, 2.24) is 14.9 Å². The Morgan fingerprint density at radius 2 is 1.92 bits per heavy atom. The largest absolute Gasteiger partial charge is 0.457 e. The first-order chi connectivity index (χ1) is 18.5. The monoisotopic (exact) mass is 510 g/mol. The lowest BCUT2D eigenvalue weighted by Crippen LogP contribution is -2.44. The first kappa shape index (κ1) is 25.1. The quantitative estimate of drug-likeness (QED) is 0.274. The van der Waals surface area contributed by atoms with Gasteiger partial charge < -0.3 is 20.1 Å². The van der Waals surface area contributed by atoms with Crippen molar-refractivity contribution in [2.24, 2.45) is 0 Å². The molecule has 194 valence electrons. The van der Waals surface area contributed by atoms with E-state index in [0.29, 0.717) is 28.2 Å². The van der Waals surface area contributed by atoms with Gasteiger partial charge in [-0.25, -0.2) is 9.31 Å². The van der Waals surface area contributed by atoms with Gasteiger partial charge in [0.05, 0.1) is 34.8 Å². The summed E-state index contributed by atoms with van der Waals surface area (Å²) in [6, 6.07) is 19.4. The molecule has 2 aromatic heterocycles. The minimum atomic E-state index is -0.520. The second-order valence-corrected chi connectivity index (χ2v) is 9.36. The molecular formula is C29H30N6O3. The summed E-state index contributed by atoms with van der Waals surface area (Å²) in [6.45, 7) is 4.72. The number of benzene rings is 2. The maximum Gasteiger partial charge on any atom is 0.412 e. The standard InChI is InChI=1S/C29H30N6O3/c1-19-26(34-29(36)37-20(2)25-10-6-7-15-31-25)18-35-28(19)27(21(16-30)17-32-35)33-22-11-13-24(14-12-22)38-23-8-4-3-5-9-23/h3-5,8-9,11-14,17-18,20,25,31,33H,6-7,10,15H2,1-2H3,(H,34,36). The summed E-state index contributed by atoms with van der Waals surface area (Å²) in [6.07, 6.45) is 5.71. The van der Waals surface area contributed by atoms with E-state index in [1.54, 1.807) is 10.7 Å². The van der Waals surface area contributed by atoms with E-state index in [9.17, 15) is 10.1 Å². The lowest BCUT2D eigenvalue weighted by molar-refractivity contribution is 0.0879. The average Bonchev–Trinajstić information content (AvgIpc) is 3.26. The molecule has 0 radical (unpaired) electrons. The second-order valence-electron chi connectivity index (χ2n) is 9.36. The SMILES string of the molecule is Cc1c(NC(=O)OC(C)C2CCCCN2)cn2ncc(C#N)c(Nc3ccc(Oc4ccccc4)cc3)c12. The summed E-state index contributed by atoms with van der Waals surface area (Å²) in [4.78, 5) is 12.7. The maximum atomic E-state index is 12.7. The number of hydrogen-bond donors (Lipinski definition) is 3. The molecule has 1 amide bonds. The number of aromatic nitrogens is 2. The third-order valence-corrected chi connectivity index (χ3v) is 6.72. The van der Waals surface area contributed by atoms with Crippen LogP contribution < -0.4 is 20.7 Å². The molecule has 0 saturated carbocycles. The minimum absolute atomic E-state index is 0.156. The van der Waals surface area contributed by atoms with Crippen LogP contribution in [-0.2, 0) is 4.74 Å². The number of rotatable bonds is 7. The number of hydrogen-bond acceptors (Lipinski definition) is 7. The van der Waals surface area contributed by atoms with Crippen LogP contribution in [0.1, 0.15) is 37.3 Å². The number of carbonyl (C=O) groups is 1. The topological polar surface area (TPSA) is 113 Å². The first-order valence-electron chi connectivity index (χ1n) is 12.7. The predicted octanol–water partition coefficient (Wildman–Crippen LogP) is 6.13. The Morgan fingerprint density at radius 3 is 2.63 bits per heavy atom. The fourth-order valence-electron chi connectivity index (χ4n) is 4.67. The van der Waals surface area contributed by atoms with Gasteiger partial charge in [-0.1, -0.05) is 24.6 Å². The van der Waals surface area contributed by atoms with Crippen molar-refractivity contribution in [1.29, 1.82) is 5.26 Å². The fourth-order valence-corrected chi connectivity index (χ4v) is 4.67. The first-order valence-corrected chi connectivity index (χ1v) is 12.7. The molecule has 4 aromatic rings. The third-order valence-electron chi connectivity index (χ3n) is 6.72. The van der Waals surface area contributed by atoms with Gasteiger partial charge in [-0.2, -0.15) is 10.4 Å². The minimum Gasteiger partial charge on any atom is -0.457 e. The molecule has 3 heterocycles. The number of carbonyl (C=O) groups excluding carboxylic acids is 1. The van der Waals surface area contributed by atoms with Crippen LogP contribution in [0.5, 0.6) is 11.5 Å². The Kier molecular flexibility index (Phi) is 7.43. The summed E-state index contributed by atoms with van der Waals surface area (Å²) in [7, 11) is 0. The van der Waals surface area contributed by atoms with Crippen molar-refractivity contribution in [2.75, 3.05) is 17.2 Å². The molecule has 5 rings (SSSR count). The van der Waals surface area contributed by atoms with E-state index in [1.807, 2.05) is 68.4 Å². The van der Waals surface area contributed by atoms with Crippen molar-refractivity contribution >= 4 is 28.7 Å². The smallest absolute Gasteiger partial charge is 0.412 e. The normalized spacial score (nSPS) is 15.9. The molecule has 1 aliphatic heterocycles. The lowest BCUT2D eigenvalue weighted by atomic mass is 10.0. The number of para-hydroxylation sites is 1. The summed E-state index contributed by atoms with van der Waals surface area (Å²) >= 11 is 0.